The molecule has 1 aromatic carbocycles. The first-order valence-electron chi connectivity index (χ1n) is 9.65. The first-order valence-corrected chi connectivity index (χ1v) is 9.65. The molecule has 4 nitrogen and oxygen atoms in total. The molecule has 0 saturated carbocycles. The lowest BCUT2D eigenvalue weighted by Gasteiger charge is -2.32. The summed E-state index contributed by atoms with van der Waals surface area (Å²) < 4.78 is 59.5. The predicted molar refractivity (Wildman–Crippen MR) is 111 cm³/mol. The largest absolute Gasteiger partial charge is 0.472 e. The molecule has 0 fully saturated rings. The van der Waals surface area contributed by atoms with Crippen LogP contribution in [0.15, 0.2) is 101 Å². The van der Waals surface area contributed by atoms with E-state index in [1.807, 2.05) is 0 Å². The number of fused-ring (bicyclic) bond motifs is 1. The van der Waals surface area contributed by atoms with E-state index in [1.165, 1.54) is 47.9 Å². The van der Waals surface area contributed by atoms with E-state index in [0.717, 1.165) is 6.08 Å². The first kappa shape index (κ1) is 21.4. The van der Waals surface area contributed by atoms with Crippen LogP contribution < -0.4 is 5.32 Å². The van der Waals surface area contributed by atoms with Gasteiger partial charge in [0.05, 0.1) is 30.2 Å². The molecule has 0 spiro atoms. The average molecular weight is 442 g/mol. The third-order valence-corrected chi connectivity index (χ3v) is 5.04. The van der Waals surface area contributed by atoms with E-state index in [9.17, 15) is 22.4 Å². The van der Waals surface area contributed by atoms with E-state index in [0.29, 0.717) is 27.8 Å². The Labute approximate surface area is 181 Å². The third-order valence-electron chi connectivity index (χ3n) is 5.04. The lowest BCUT2D eigenvalue weighted by molar-refractivity contribution is -0.120. The number of carbonyl (C=O) groups excluding carboxylic acids is 1. The van der Waals surface area contributed by atoms with E-state index >= 15 is 0 Å². The van der Waals surface area contributed by atoms with Crippen molar-refractivity contribution in [3.8, 4) is 0 Å². The van der Waals surface area contributed by atoms with Crippen LogP contribution in [0.25, 0.3) is 5.57 Å². The Morgan fingerprint density at radius 3 is 2.66 bits per heavy atom. The average Bonchev–Trinajstić information content (AvgIpc) is 3.26. The van der Waals surface area contributed by atoms with Gasteiger partial charge in [0.2, 0.25) is 5.91 Å². The summed E-state index contributed by atoms with van der Waals surface area (Å²) in [5, 5.41) is 2.71. The molecular formula is C24H18F4N2O2. The quantitative estimate of drug-likeness (QED) is 0.643. The molecule has 4 rings (SSSR count). The Balaban J connectivity index is 1.53. The Morgan fingerprint density at radius 1 is 1.16 bits per heavy atom. The summed E-state index contributed by atoms with van der Waals surface area (Å²) in [6.07, 6.45) is 3.65. The molecule has 8 heteroatoms. The number of allylic oxidation sites excluding steroid dienone is 4. The van der Waals surface area contributed by atoms with Crippen LogP contribution in [-0.4, -0.2) is 23.5 Å². The number of rotatable bonds is 5. The second-order valence-corrected chi connectivity index (χ2v) is 7.35. The van der Waals surface area contributed by atoms with Gasteiger partial charge >= 0.3 is 6.18 Å². The minimum Gasteiger partial charge on any atom is -0.472 e. The Morgan fingerprint density at radius 2 is 1.97 bits per heavy atom. The number of hydrogen-bond donors (Lipinski definition) is 1. The normalized spacial score (nSPS) is 16.0. The van der Waals surface area contributed by atoms with Crippen LogP contribution in [0.5, 0.6) is 0 Å². The molecule has 1 N–H and O–H groups in total. The molecule has 0 aliphatic carbocycles. The van der Waals surface area contributed by atoms with Gasteiger partial charge in [0.15, 0.2) is 0 Å². The SMILES string of the molecule is C=C1C=C2C(C(F)(F)F)=CC(c3ccoc3)=CN2C=C1CNC(=O)Cc1cccc(F)c1. The molecule has 164 valence electrons. The van der Waals surface area contributed by atoms with Crippen molar-refractivity contribution in [3.05, 3.63) is 113 Å². The van der Waals surface area contributed by atoms with E-state index < -0.39 is 17.6 Å². The maximum Gasteiger partial charge on any atom is 0.418 e. The molecule has 0 saturated heterocycles. The molecule has 2 aliphatic rings. The van der Waals surface area contributed by atoms with Crippen molar-refractivity contribution < 1.29 is 26.8 Å². The number of amides is 1. The van der Waals surface area contributed by atoms with Crippen LogP contribution in [0, 0.1) is 5.82 Å². The smallest absolute Gasteiger partial charge is 0.418 e. The monoisotopic (exact) mass is 442 g/mol. The van der Waals surface area contributed by atoms with Gasteiger partial charge in [-0.25, -0.2) is 4.39 Å². The van der Waals surface area contributed by atoms with Gasteiger partial charge in [0, 0.05) is 30.1 Å². The number of furan rings is 1. The van der Waals surface area contributed by atoms with Crippen LogP contribution in [0.3, 0.4) is 0 Å². The maximum atomic E-state index is 13.7. The molecule has 1 amide bonds. The number of nitrogens with zero attached hydrogens (tertiary/aromatic N) is 1. The summed E-state index contributed by atoms with van der Waals surface area (Å²) in [5.74, 6) is -0.779. The van der Waals surface area contributed by atoms with Crippen LogP contribution in [0.2, 0.25) is 0 Å². The van der Waals surface area contributed by atoms with E-state index in [-0.39, 0.29) is 24.6 Å². The van der Waals surface area contributed by atoms with Gasteiger partial charge in [-0.1, -0.05) is 18.7 Å². The van der Waals surface area contributed by atoms with Gasteiger partial charge in [-0.05, 0) is 47.1 Å². The molecule has 3 heterocycles. The third kappa shape index (κ3) is 4.59. The summed E-state index contributed by atoms with van der Waals surface area (Å²) in [5.41, 5.74) is 1.41. The van der Waals surface area contributed by atoms with Crippen LogP contribution in [0.1, 0.15) is 11.1 Å². The van der Waals surface area contributed by atoms with Gasteiger partial charge in [-0.3, -0.25) is 4.79 Å². The minimum atomic E-state index is -4.57. The number of halogens is 4. The highest BCUT2D eigenvalue weighted by Crippen LogP contribution is 2.41. The number of carbonyl (C=O) groups is 1. The molecule has 1 aromatic heterocycles. The Kier molecular flexibility index (Phi) is 5.61. The zero-order valence-corrected chi connectivity index (χ0v) is 16.7. The number of nitrogens with one attached hydrogen (secondary N) is 1. The maximum absolute atomic E-state index is 13.7. The van der Waals surface area contributed by atoms with Crippen molar-refractivity contribution >= 4 is 11.5 Å². The fourth-order valence-corrected chi connectivity index (χ4v) is 3.45. The molecule has 0 radical (unpaired) electrons. The second-order valence-electron chi connectivity index (χ2n) is 7.35. The fraction of sp³-hybridized carbons (Fsp3) is 0.125. The van der Waals surface area contributed by atoms with Crippen LogP contribution in [-0.2, 0) is 11.2 Å². The van der Waals surface area contributed by atoms with Gasteiger partial charge in [0.1, 0.15) is 5.82 Å². The number of benzene rings is 1. The molecule has 32 heavy (non-hydrogen) atoms. The summed E-state index contributed by atoms with van der Waals surface area (Å²) in [7, 11) is 0. The lowest BCUT2D eigenvalue weighted by atomic mass is 9.94. The van der Waals surface area contributed by atoms with Crippen molar-refractivity contribution in [1.29, 1.82) is 0 Å². The molecular weight excluding hydrogens is 424 g/mol. The molecule has 0 bridgehead atoms. The fourth-order valence-electron chi connectivity index (χ4n) is 3.45. The van der Waals surface area contributed by atoms with Crippen LogP contribution >= 0.6 is 0 Å². The van der Waals surface area contributed by atoms with Crippen molar-refractivity contribution in [2.24, 2.45) is 0 Å². The highest BCUT2D eigenvalue weighted by atomic mass is 19.4. The van der Waals surface area contributed by atoms with Gasteiger partial charge in [-0.2, -0.15) is 13.2 Å². The van der Waals surface area contributed by atoms with E-state index in [2.05, 4.69) is 11.9 Å². The van der Waals surface area contributed by atoms with Crippen molar-refractivity contribution in [3.63, 3.8) is 0 Å². The Hall–Kier alpha value is -3.81. The molecule has 2 aliphatic heterocycles. The summed E-state index contributed by atoms with van der Waals surface area (Å²) in [4.78, 5) is 13.6. The highest BCUT2D eigenvalue weighted by Gasteiger charge is 2.40. The zero-order chi connectivity index (χ0) is 22.9. The summed E-state index contributed by atoms with van der Waals surface area (Å²) in [6, 6.07) is 7.29. The standard InChI is InChI=1S/C24H18F4N2O2/c1-15-7-22-21(24(26,27)28)10-18(17-5-6-32-14-17)12-30(22)13-19(15)11-29-23(31)9-16-3-2-4-20(25)8-16/h2-8,10,12-14H,1,9,11H2,(H,29,31). The second kappa shape index (κ2) is 8.37. The molecule has 2 aromatic rings. The summed E-state index contributed by atoms with van der Waals surface area (Å²) >= 11 is 0. The van der Waals surface area contributed by atoms with Crippen molar-refractivity contribution in [1.82, 2.24) is 10.2 Å². The minimum absolute atomic E-state index is 0.0200. The van der Waals surface area contributed by atoms with Gasteiger partial charge in [-0.15, -0.1) is 0 Å². The van der Waals surface area contributed by atoms with Crippen LogP contribution in [0.4, 0.5) is 17.6 Å². The van der Waals surface area contributed by atoms with E-state index in [1.54, 1.807) is 18.3 Å². The van der Waals surface area contributed by atoms with Gasteiger partial charge in [0.25, 0.3) is 0 Å². The van der Waals surface area contributed by atoms with Crippen molar-refractivity contribution in [2.75, 3.05) is 6.54 Å². The number of hydrogen-bond acceptors (Lipinski definition) is 3. The number of alkyl halides is 3. The zero-order valence-electron chi connectivity index (χ0n) is 16.7. The summed E-state index contributed by atoms with van der Waals surface area (Å²) in [6.45, 7) is 3.91. The topological polar surface area (TPSA) is 45.5 Å². The molecule has 0 unspecified atom stereocenters. The van der Waals surface area contributed by atoms with Crippen molar-refractivity contribution in [2.45, 2.75) is 12.6 Å². The lowest BCUT2D eigenvalue weighted by Crippen LogP contribution is -2.31. The van der Waals surface area contributed by atoms with Gasteiger partial charge < -0.3 is 14.6 Å². The molecule has 0 atom stereocenters. The highest BCUT2D eigenvalue weighted by molar-refractivity contribution is 5.80. The first-order chi connectivity index (χ1) is 15.2. The Bertz CT molecular complexity index is 1180. The van der Waals surface area contributed by atoms with E-state index in [4.69, 9.17) is 4.42 Å². The predicted octanol–water partition coefficient (Wildman–Crippen LogP) is 5.26.